The Balaban J connectivity index is 1.31. The van der Waals surface area contributed by atoms with Crippen molar-refractivity contribution < 1.29 is 29.0 Å². The number of carbonyl (C=O) groups excluding carboxylic acids is 2. The molecule has 2 amide bonds. The van der Waals surface area contributed by atoms with Crippen molar-refractivity contribution in [2.75, 3.05) is 25.6 Å². The average Bonchev–Trinajstić information content (AvgIpc) is 3.17. The van der Waals surface area contributed by atoms with Crippen LogP contribution in [0, 0.1) is 0 Å². The normalized spacial score (nSPS) is 12.9. The van der Waals surface area contributed by atoms with Gasteiger partial charge in [-0.05, 0) is 46.5 Å². The average molecular weight is 460 g/mol. The Labute approximate surface area is 196 Å². The van der Waals surface area contributed by atoms with Gasteiger partial charge in [-0.15, -0.1) is 0 Å². The molecule has 8 heteroatoms. The molecule has 34 heavy (non-hydrogen) atoms. The van der Waals surface area contributed by atoms with Crippen LogP contribution >= 0.6 is 0 Å². The van der Waals surface area contributed by atoms with Crippen molar-refractivity contribution in [3.8, 4) is 11.1 Å². The second kappa shape index (κ2) is 10.2. The number of aromatic carboxylic acids is 1. The number of rotatable bonds is 8. The van der Waals surface area contributed by atoms with E-state index in [2.05, 4.69) is 22.8 Å². The Morgan fingerprint density at radius 3 is 2.06 bits per heavy atom. The van der Waals surface area contributed by atoms with Gasteiger partial charge in [-0.25, -0.2) is 9.59 Å². The Morgan fingerprint density at radius 2 is 1.50 bits per heavy atom. The highest BCUT2D eigenvalue weighted by Crippen LogP contribution is 2.44. The van der Waals surface area contributed by atoms with Crippen LogP contribution in [-0.2, 0) is 14.3 Å². The Bertz CT molecular complexity index is 1160. The largest absolute Gasteiger partial charge is 0.478 e. The van der Waals surface area contributed by atoms with E-state index in [-0.39, 0.29) is 24.6 Å². The zero-order valence-electron chi connectivity index (χ0n) is 18.5. The van der Waals surface area contributed by atoms with Crippen molar-refractivity contribution in [1.82, 2.24) is 5.32 Å². The number of nitrogens with one attached hydrogen (secondary N) is 2. The number of hydrogen-bond donors (Lipinski definition) is 3. The molecule has 0 radical (unpaired) electrons. The number of amides is 2. The molecule has 3 aromatic rings. The molecule has 1 aliphatic carbocycles. The fraction of sp³-hybridized carbons (Fsp3) is 0.192. The first kappa shape index (κ1) is 23.0. The number of ether oxygens (including phenoxy) is 2. The highest BCUT2D eigenvalue weighted by atomic mass is 16.5. The van der Waals surface area contributed by atoms with Crippen LogP contribution in [0.1, 0.15) is 27.4 Å². The quantitative estimate of drug-likeness (QED) is 0.470. The van der Waals surface area contributed by atoms with Crippen molar-refractivity contribution in [3.05, 3.63) is 89.5 Å². The third-order valence-corrected chi connectivity index (χ3v) is 5.75. The molecule has 0 bridgehead atoms. The highest BCUT2D eigenvalue weighted by molar-refractivity contribution is 5.95. The first-order valence-corrected chi connectivity index (χ1v) is 10.7. The molecule has 1 unspecified atom stereocenters. The predicted octanol–water partition coefficient (Wildman–Crippen LogP) is 3.88. The molecule has 3 N–H and O–H groups in total. The molecule has 0 spiro atoms. The van der Waals surface area contributed by atoms with E-state index < -0.39 is 24.1 Å². The Morgan fingerprint density at radius 1 is 0.912 bits per heavy atom. The van der Waals surface area contributed by atoms with Gasteiger partial charge >= 0.3 is 12.1 Å². The van der Waals surface area contributed by atoms with E-state index in [4.69, 9.17) is 14.6 Å². The van der Waals surface area contributed by atoms with Crippen LogP contribution in [0.4, 0.5) is 10.5 Å². The topological polar surface area (TPSA) is 114 Å². The van der Waals surface area contributed by atoms with Crippen LogP contribution in [0.15, 0.2) is 72.8 Å². The lowest BCUT2D eigenvalue weighted by Crippen LogP contribution is -2.41. The fourth-order valence-electron chi connectivity index (χ4n) is 4.03. The molecule has 8 nitrogen and oxygen atoms in total. The van der Waals surface area contributed by atoms with Crippen LogP contribution in [-0.4, -0.2) is 49.4 Å². The summed E-state index contributed by atoms with van der Waals surface area (Å²) in [5, 5.41) is 14.2. The predicted molar refractivity (Wildman–Crippen MR) is 126 cm³/mol. The van der Waals surface area contributed by atoms with Gasteiger partial charge in [0.2, 0.25) is 0 Å². The smallest absolute Gasteiger partial charge is 0.407 e. The van der Waals surface area contributed by atoms with Gasteiger partial charge in [0, 0.05) is 18.7 Å². The summed E-state index contributed by atoms with van der Waals surface area (Å²) in [7, 11) is 1.36. The highest BCUT2D eigenvalue weighted by Gasteiger charge is 2.29. The first-order chi connectivity index (χ1) is 16.5. The van der Waals surface area contributed by atoms with Gasteiger partial charge in [-0.2, -0.15) is 0 Å². The van der Waals surface area contributed by atoms with E-state index >= 15 is 0 Å². The summed E-state index contributed by atoms with van der Waals surface area (Å²) < 4.78 is 10.7. The molecule has 1 aliphatic rings. The van der Waals surface area contributed by atoms with Crippen molar-refractivity contribution in [1.29, 1.82) is 0 Å². The first-order valence-electron chi connectivity index (χ1n) is 10.7. The lowest BCUT2D eigenvalue weighted by molar-refractivity contribution is -0.125. The van der Waals surface area contributed by atoms with Gasteiger partial charge in [0.15, 0.2) is 6.10 Å². The molecular weight excluding hydrogens is 436 g/mol. The number of carboxylic acid groups (broad SMARTS) is 1. The maximum Gasteiger partial charge on any atom is 0.407 e. The van der Waals surface area contributed by atoms with E-state index in [1.54, 1.807) is 0 Å². The second-order valence-corrected chi connectivity index (χ2v) is 7.80. The van der Waals surface area contributed by atoms with Crippen molar-refractivity contribution in [3.63, 3.8) is 0 Å². The van der Waals surface area contributed by atoms with E-state index in [9.17, 15) is 14.4 Å². The number of fused-ring (bicyclic) bond motifs is 3. The number of carboxylic acids is 1. The van der Waals surface area contributed by atoms with Gasteiger partial charge in [-0.3, -0.25) is 4.79 Å². The summed E-state index contributed by atoms with van der Waals surface area (Å²) in [5.41, 5.74) is 5.02. The van der Waals surface area contributed by atoms with E-state index in [0.717, 1.165) is 22.3 Å². The van der Waals surface area contributed by atoms with Gasteiger partial charge in [0.25, 0.3) is 5.91 Å². The SMILES string of the molecule is COC(CNC(=O)OCC1c2ccccc2-c2ccccc21)C(=O)Nc1ccc(C(=O)O)cc1. The fourth-order valence-corrected chi connectivity index (χ4v) is 4.03. The van der Waals surface area contributed by atoms with Gasteiger partial charge in [0.1, 0.15) is 6.61 Å². The molecule has 0 saturated heterocycles. The minimum Gasteiger partial charge on any atom is -0.478 e. The molecule has 0 saturated carbocycles. The standard InChI is InChI=1S/C26H24N2O6/c1-33-23(24(29)28-17-12-10-16(11-13-17)25(30)31)14-27-26(32)34-15-22-20-8-4-2-6-18(20)19-7-3-5-9-21(19)22/h2-13,22-23H,14-15H2,1H3,(H,27,32)(H,28,29)(H,30,31). The summed E-state index contributed by atoms with van der Waals surface area (Å²) in [5.74, 6) is -1.60. The van der Waals surface area contributed by atoms with Crippen LogP contribution in [0.5, 0.6) is 0 Å². The lowest BCUT2D eigenvalue weighted by atomic mass is 9.98. The molecular formula is C26H24N2O6. The molecule has 0 aliphatic heterocycles. The maximum atomic E-state index is 12.5. The molecule has 3 aromatic carbocycles. The summed E-state index contributed by atoms with van der Waals surface area (Å²) in [6.07, 6.45) is -1.61. The zero-order valence-corrected chi connectivity index (χ0v) is 18.5. The van der Waals surface area contributed by atoms with Crippen molar-refractivity contribution >= 4 is 23.7 Å². The summed E-state index contributed by atoms with van der Waals surface area (Å²) in [4.78, 5) is 35.8. The van der Waals surface area contributed by atoms with Gasteiger partial charge < -0.3 is 25.2 Å². The summed E-state index contributed by atoms with van der Waals surface area (Å²) >= 11 is 0. The summed E-state index contributed by atoms with van der Waals surface area (Å²) in [6.45, 7) is 0.0752. The molecule has 0 heterocycles. The molecule has 1 atom stereocenters. The number of benzene rings is 3. The second-order valence-electron chi connectivity index (χ2n) is 7.80. The third-order valence-electron chi connectivity index (χ3n) is 5.75. The minimum atomic E-state index is -1.06. The van der Waals surface area contributed by atoms with Crippen LogP contribution in [0.25, 0.3) is 11.1 Å². The van der Waals surface area contributed by atoms with Gasteiger partial charge in [-0.1, -0.05) is 48.5 Å². The van der Waals surface area contributed by atoms with E-state index in [1.807, 2.05) is 36.4 Å². The van der Waals surface area contributed by atoms with Gasteiger partial charge in [0.05, 0.1) is 12.1 Å². The Hall–Kier alpha value is -4.17. The monoisotopic (exact) mass is 460 g/mol. The molecule has 174 valence electrons. The van der Waals surface area contributed by atoms with Crippen molar-refractivity contribution in [2.24, 2.45) is 0 Å². The van der Waals surface area contributed by atoms with E-state index in [0.29, 0.717) is 5.69 Å². The maximum absolute atomic E-state index is 12.5. The number of alkyl carbamates (subject to hydrolysis) is 1. The van der Waals surface area contributed by atoms with Crippen LogP contribution in [0.2, 0.25) is 0 Å². The van der Waals surface area contributed by atoms with Crippen LogP contribution in [0.3, 0.4) is 0 Å². The minimum absolute atomic E-state index is 0.0616. The number of hydrogen-bond acceptors (Lipinski definition) is 5. The Kier molecular flexibility index (Phi) is 6.89. The van der Waals surface area contributed by atoms with E-state index in [1.165, 1.54) is 31.4 Å². The van der Waals surface area contributed by atoms with Crippen molar-refractivity contribution in [2.45, 2.75) is 12.0 Å². The zero-order chi connectivity index (χ0) is 24.1. The number of carbonyl (C=O) groups is 3. The number of methoxy groups -OCH3 is 1. The summed E-state index contributed by atoms with van der Waals surface area (Å²) in [6, 6.07) is 21.8. The van der Waals surface area contributed by atoms with Crippen LogP contribution < -0.4 is 10.6 Å². The third kappa shape index (κ3) is 4.92. The lowest BCUT2D eigenvalue weighted by Gasteiger charge is -2.17. The molecule has 0 aromatic heterocycles. The number of anilines is 1. The molecule has 0 fully saturated rings. The molecule has 4 rings (SSSR count).